The number of benzene rings is 2. The molecule has 0 aliphatic heterocycles. The van der Waals surface area contributed by atoms with E-state index in [1.807, 2.05) is 20.8 Å². The highest BCUT2D eigenvalue weighted by atomic mass is 19.4. The Hall–Kier alpha value is -4.41. The molecule has 0 aliphatic rings. The van der Waals surface area contributed by atoms with Gasteiger partial charge in [-0.2, -0.15) is 13.2 Å². The Bertz CT molecular complexity index is 1360. The van der Waals surface area contributed by atoms with Gasteiger partial charge in [-0.3, -0.25) is 14.5 Å². The van der Waals surface area contributed by atoms with Crippen molar-refractivity contribution in [3.63, 3.8) is 0 Å². The van der Waals surface area contributed by atoms with E-state index < -0.39 is 47.5 Å². The number of rotatable bonds is 9. The quantitative estimate of drug-likeness (QED) is 0.374. The maximum atomic E-state index is 13.5. The number of aryl methyl sites for hydroxylation is 1. The van der Waals surface area contributed by atoms with Gasteiger partial charge >= 0.3 is 12.1 Å². The molecule has 0 saturated heterocycles. The summed E-state index contributed by atoms with van der Waals surface area (Å²) in [4.78, 5) is 44.9. The van der Waals surface area contributed by atoms with Crippen LogP contribution in [0.1, 0.15) is 45.7 Å². The van der Waals surface area contributed by atoms with E-state index in [1.54, 1.807) is 31.3 Å². The Labute approximate surface area is 223 Å². The van der Waals surface area contributed by atoms with E-state index >= 15 is 0 Å². The number of halogens is 3. The van der Waals surface area contributed by atoms with Crippen molar-refractivity contribution in [3.8, 4) is 11.6 Å². The number of pyridine rings is 1. The van der Waals surface area contributed by atoms with E-state index in [0.717, 1.165) is 34.9 Å². The van der Waals surface area contributed by atoms with Crippen molar-refractivity contribution >= 4 is 23.5 Å². The summed E-state index contributed by atoms with van der Waals surface area (Å²) in [5.74, 6) is -3.37. The molecule has 2 aromatic carbocycles. The zero-order valence-electron chi connectivity index (χ0n) is 21.8. The number of carbonyl (C=O) groups is 3. The number of carboxylic acids is 1. The van der Waals surface area contributed by atoms with Gasteiger partial charge in [0.1, 0.15) is 17.9 Å². The molecule has 0 aliphatic carbocycles. The van der Waals surface area contributed by atoms with Crippen LogP contribution in [-0.2, 0) is 11.0 Å². The highest BCUT2D eigenvalue weighted by Crippen LogP contribution is 2.37. The van der Waals surface area contributed by atoms with Crippen LogP contribution in [-0.4, -0.2) is 52.9 Å². The van der Waals surface area contributed by atoms with Gasteiger partial charge in [0.05, 0.1) is 11.3 Å². The van der Waals surface area contributed by atoms with Crippen LogP contribution >= 0.6 is 0 Å². The number of hydrogen-bond donors (Lipinski definition) is 1. The van der Waals surface area contributed by atoms with Crippen LogP contribution in [0.2, 0.25) is 0 Å². The summed E-state index contributed by atoms with van der Waals surface area (Å²) in [7, 11) is 1.58. The SMILES string of the molecule is Cc1ccc(C(=O)N(CC(=O)N(C)CC(C)C)c2ccc(Oc3ncccc3C(F)(F)F)cc2C(=O)O)cc1. The Morgan fingerprint density at radius 1 is 1.05 bits per heavy atom. The number of nitrogens with zero attached hydrogens (tertiary/aromatic N) is 3. The first-order valence-electron chi connectivity index (χ1n) is 12.0. The summed E-state index contributed by atoms with van der Waals surface area (Å²) in [5, 5.41) is 9.96. The largest absolute Gasteiger partial charge is 0.478 e. The number of carbonyl (C=O) groups excluding carboxylic acids is 2. The van der Waals surface area contributed by atoms with Gasteiger partial charge < -0.3 is 14.7 Å². The second-order valence-electron chi connectivity index (χ2n) is 9.37. The molecule has 0 saturated carbocycles. The van der Waals surface area contributed by atoms with Gasteiger partial charge in [0.2, 0.25) is 11.8 Å². The van der Waals surface area contributed by atoms with Crippen molar-refractivity contribution in [2.75, 3.05) is 25.0 Å². The van der Waals surface area contributed by atoms with Gasteiger partial charge in [-0.1, -0.05) is 31.5 Å². The number of alkyl halides is 3. The summed E-state index contributed by atoms with van der Waals surface area (Å²) in [5.41, 5.74) is -0.590. The lowest BCUT2D eigenvalue weighted by atomic mass is 10.1. The number of amides is 2. The maximum Gasteiger partial charge on any atom is 0.421 e. The third-order valence-electron chi connectivity index (χ3n) is 5.68. The zero-order valence-corrected chi connectivity index (χ0v) is 21.8. The normalized spacial score (nSPS) is 11.3. The van der Waals surface area contributed by atoms with E-state index in [1.165, 1.54) is 17.0 Å². The van der Waals surface area contributed by atoms with Gasteiger partial charge in [0.25, 0.3) is 5.91 Å². The van der Waals surface area contributed by atoms with Gasteiger partial charge in [-0.15, -0.1) is 0 Å². The number of hydrogen-bond acceptors (Lipinski definition) is 5. The Morgan fingerprint density at radius 3 is 2.31 bits per heavy atom. The van der Waals surface area contributed by atoms with Crippen LogP contribution in [0.3, 0.4) is 0 Å². The first kappa shape index (κ1) is 29.2. The minimum atomic E-state index is -4.75. The van der Waals surface area contributed by atoms with Gasteiger partial charge in [-0.05, 0) is 55.3 Å². The van der Waals surface area contributed by atoms with Crippen LogP contribution in [0.15, 0.2) is 60.8 Å². The molecule has 2 amide bonds. The minimum Gasteiger partial charge on any atom is -0.478 e. The topological polar surface area (TPSA) is 100 Å². The van der Waals surface area contributed by atoms with Crippen molar-refractivity contribution in [1.29, 1.82) is 0 Å². The van der Waals surface area contributed by atoms with E-state index in [9.17, 15) is 32.7 Å². The molecule has 0 fully saturated rings. The molecule has 1 N–H and O–H groups in total. The smallest absolute Gasteiger partial charge is 0.421 e. The molecule has 1 heterocycles. The maximum absolute atomic E-state index is 13.5. The lowest BCUT2D eigenvalue weighted by Crippen LogP contribution is -2.43. The van der Waals surface area contributed by atoms with Gasteiger partial charge in [-0.25, -0.2) is 9.78 Å². The predicted octanol–water partition coefficient (Wildman–Crippen LogP) is 5.66. The first-order valence-corrected chi connectivity index (χ1v) is 12.0. The van der Waals surface area contributed by atoms with Crippen molar-refractivity contribution in [3.05, 3.63) is 83.0 Å². The molecule has 11 heteroatoms. The number of aromatic nitrogens is 1. The summed E-state index contributed by atoms with van der Waals surface area (Å²) in [6.45, 7) is 5.63. The van der Waals surface area contributed by atoms with Crippen LogP contribution in [0.4, 0.5) is 18.9 Å². The Morgan fingerprint density at radius 2 is 1.72 bits per heavy atom. The van der Waals surface area contributed by atoms with Gasteiger partial charge in [0.15, 0.2) is 0 Å². The fourth-order valence-corrected chi connectivity index (χ4v) is 3.81. The van der Waals surface area contributed by atoms with Gasteiger partial charge in [0, 0.05) is 25.4 Å². The highest BCUT2D eigenvalue weighted by molar-refractivity contribution is 6.11. The molecule has 0 bridgehead atoms. The lowest BCUT2D eigenvalue weighted by molar-refractivity contribution is -0.139. The summed E-state index contributed by atoms with van der Waals surface area (Å²) in [6.07, 6.45) is -3.64. The Kier molecular flexibility index (Phi) is 8.95. The second-order valence-corrected chi connectivity index (χ2v) is 9.37. The molecule has 3 rings (SSSR count). The molecule has 0 radical (unpaired) electrons. The van der Waals surface area contributed by atoms with Crippen molar-refractivity contribution in [2.45, 2.75) is 26.9 Å². The van der Waals surface area contributed by atoms with Crippen molar-refractivity contribution in [1.82, 2.24) is 9.88 Å². The fraction of sp³-hybridized carbons (Fsp3) is 0.286. The van der Waals surface area contributed by atoms with E-state index in [4.69, 9.17) is 4.74 Å². The molecular formula is C28H28F3N3O5. The number of aromatic carboxylic acids is 1. The standard InChI is InChI=1S/C28H28F3N3O5/c1-17(2)15-33(4)24(35)16-34(26(36)19-9-7-18(3)8-10-19)23-12-11-20(14-21(23)27(37)38)39-25-22(28(29,30)31)6-5-13-32-25/h5-14,17H,15-16H2,1-4H3,(H,37,38). The van der Waals surface area contributed by atoms with Crippen LogP contribution in [0.25, 0.3) is 0 Å². The van der Waals surface area contributed by atoms with Crippen LogP contribution < -0.4 is 9.64 Å². The molecule has 206 valence electrons. The van der Waals surface area contributed by atoms with Crippen molar-refractivity contribution < 1.29 is 37.4 Å². The van der Waals surface area contributed by atoms with Crippen molar-refractivity contribution in [2.24, 2.45) is 5.92 Å². The molecule has 0 atom stereocenters. The molecular weight excluding hydrogens is 515 g/mol. The average molecular weight is 544 g/mol. The predicted molar refractivity (Wildman–Crippen MR) is 138 cm³/mol. The molecule has 0 unspecified atom stereocenters. The zero-order chi connectivity index (χ0) is 28.9. The number of ether oxygens (including phenoxy) is 1. The summed E-state index contributed by atoms with van der Waals surface area (Å²) < 4.78 is 45.4. The fourth-order valence-electron chi connectivity index (χ4n) is 3.81. The Balaban J connectivity index is 2.06. The van der Waals surface area contributed by atoms with E-state index in [-0.39, 0.29) is 22.9 Å². The van der Waals surface area contributed by atoms with E-state index in [2.05, 4.69) is 4.98 Å². The monoisotopic (exact) mass is 543 g/mol. The number of carboxylic acid groups (broad SMARTS) is 1. The average Bonchev–Trinajstić information content (AvgIpc) is 2.86. The minimum absolute atomic E-state index is 0.121. The second kappa shape index (κ2) is 12.0. The summed E-state index contributed by atoms with van der Waals surface area (Å²) >= 11 is 0. The third kappa shape index (κ3) is 7.34. The molecule has 0 spiro atoms. The first-order chi connectivity index (χ1) is 18.3. The number of likely N-dealkylation sites (N-methyl/N-ethyl adjacent to an activating group) is 1. The van der Waals surface area contributed by atoms with Crippen LogP contribution in [0.5, 0.6) is 11.6 Å². The molecule has 8 nitrogen and oxygen atoms in total. The summed E-state index contributed by atoms with van der Waals surface area (Å²) in [6, 6.07) is 11.8. The van der Waals surface area contributed by atoms with E-state index in [0.29, 0.717) is 6.54 Å². The third-order valence-corrected chi connectivity index (χ3v) is 5.68. The van der Waals surface area contributed by atoms with Crippen LogP contribution in [0, 0.1) is 12.8 Å². The number of anilines is 1. The lowest BCUT2D eigenvalue weighted by Gasteiger charge is -2.27. The molecule has 3 aromatic rings. The molecule has 1 aromatic heterocycles. The highest BCUT2D eigenvalue weighted by Gasteiger charge is 2.35. The molecule has 39 heavy (non-hydrogen) atoms.